The van der Waals surface area contributed by atoms with E-state index in [4.69, 9.17) is 9.73 Å². The predicted molar refractivity (Wildman–Crippen MR) is 111 cm³/mol. The van der Waals surface area contributed by atoms with Crippen molar-refractivity contribution in [2.45, 2.75) is 57.9 Å². The number of nitrogens with zero attached hydrogens (tertiary/aromatic N) is 2. The van der Waals surface area contributed by atoms with E-state index in [-0.39, 0.29) is 0 Å². The predicted octanol–water partition coefficient (Wildman–Crippen LogP) is 5.48. The third-order valence-corrected chi connectivity index (χ3v) is 5.48. The summed E-state index contributed by atoms with van der Waals surface area (Å²) in [6.45, 7) is 1.05. The van der Waals surface area contributed by atoms with Crippen LogP contribution in [-0.2, 0) is 17.7 Å². The maximum atomic E-state index is 5.60. The number of aromatic nitrogens is 2. The van der Waals surface area contributed by atoms with E-state index in [0.29, 0.717) is 0 Å². The molecule has 4 heteroatoms. The van der Waals surface area contributed by atoms with Gasteiger partial charge in [-0.15, -0.1) is 0 Å². The second-order valence-corrected chi connectivity index (χ2v) is 7.49. The fraction of sp³-hybridized carbons (Fsp3) is 0.435. The lowest BCUT2D eigenvalue weighted by molar-refractivity contribution is 0.303. The van der Waals surface area contributed by atoms with Crippen LogP contribution in [0, 0.1) is 0 Å². The molecule has 0 unspecified atom stereocenters. The van der Waals surface area contributed by atoms with Gasteiger partial charge in [-0.05, 0) is 49.6 Å². The molecule has 0 fully saturated rings. The van der Waals surface area contributed by atoms with Crippen LogP contribution < -0.4 is 0 Å². The molecule has 27 heavy (non-hydrogen) atoms. The summed E-state index contributed by atoms with van der Waals surface area (Å²) in [6, 6.07) is 8.59. The van der Waals surface area contributed by atoms with Gasteiger partial charge in [0.25, 0.3) is 0 Å². The van der Waals surface area contributed by atoms with Crippen LogP contribution in [0.3, 0.4) is 0 Å². The molecule has 0 saturated carbocycles. The highest BCUT2D eigenvalue weighted by Crippen LogP contribution is 2.25. The number of ether oxygens (including phenoxy) is 1. The molecule has 2 aliphatic rings. The van der Waals surface area contributed by atoms with Crippen LogP contribution in [-0.4, -0.2) is 22.4 Å². The molecule has 0 saturated heterocycles. The first-order valence-electron chi connectivity index (χ1n) is 10.2. The van der Waals surface area contributed by atoms with E-state index < -0.39 is 0 Å². The highest BCUT2D eigenvalue weighted by molar-refractivity contribution is 6.11. The number of aliphatic imine (C=N–C) groups is 1. The van der Waals surface area contributed by atoms with Gasteiger partial charge in [-0.1, -0.05) is 32.1 Å². The molecule has 4 heterocycles. The van der Waals surface area contributed by atoms with Gasteiger partial charge in [0.05, 0.1) is 18.5 Å². The largest absolute Gasteiger partial charge is 0.494 e. The van der Waals surface area contributed by atoms with Crippen molar-refractivity contribution in [2.24, 2.45) is 4.99 Å². The fourth-order valence-corrected chi connectivity index (χ4v) is 3.97. The number of nitrogens with one attached hydrogen (secondary N) is 1. The lowest BCUT2D eigenvalue weighted by Gasteiger charge is -2.08. The van der Waals surface area contributed by atoms with Gasteiger partial charge in [-0.25, -0.2) is 4.99 Å². The maximum Gasteiger partial charge on any atom is 0.146 e. The monoisotopic (exact) mass is 363 g/mol. The molecule has 0 aliphatic carbocycles. The van der Waals surface area contributed by atoms with Crippen molar-refractivity contribution in [3.63, 3.8) is 0 Å². The Labute approximate surface area is 161 Å². The fourth-order valence-electron chi connectivity index (χ4n) is 3.97. The molecule has 0 aromatic carbocycles. The number of methoxy groups -OCH3 is 1. The van der Waals surface area contributed by atoms with E-state index in [1.54, 1.807) is 7.11 Å². The molecule has 4 bridgehead atoms. The van der Waals surface area contributed by atoms with Crippen LogP contribution in [0.5, 0.6) is 0 Å². The number of rotatable bonds is 1. The van der Waals surface area contributed by atoms with Gasteiger partial charge in [0, 0.05) is 30.2 Å². The second kappa shape index (κ2) is 8.47. The molecule has 1 N–H and O–H groups in total. The zero-order chi connectivity index (χ0) is 18.5. The lowest BCUT2D eigenvalue weighted by atomic mass is 10.1. The van der Waals surface area contributed by atoms with Gasteiger partial charge in [0.1, 0.15) is 11.5 Å². The molecule has 142 valence electrons. The van der Waals surface area contributed by atoms with E-state index >= 15 is 0 Å². The Morgan fingerprint density at radius 2 is 1.78 bits per heavy atom. The third kappa shape index (κ3) is 4.26. The summed E-state index contributed by atoms with van der Waals surface area (Å²) < 4.78 is 7.92. The Balaban J connectivity index is 1.64. The van der Waals surface area contributed by atoms with Crippen LogP contribution in [0.25, 0.3) is 6.08 Å². The molecule has 2 aromatic rings. The number of hydrogen-bond donors (Lipinski definition) is 1. The van der Waals surface area contributed by atoms with Crippen molar-refractivity contribution in [2.75, 3.05) is 7.11 Å². The molecule has 0 spiro atoms. The summed E-state index contributed by atoms with van der Waals surface area (Å²) >= 11 is 0. The molecule has 4 rings (SSSR count). The van der Waals surface area contributed by atoms with Crippen molar-refractivity contribution < 1.29 is 4.74 Å². The topological polar surface area (TPSA) is 42.3 Å². The Hall–Kier alpha value is -2.49. The molecule has 2 aliphatic heterocycles. The second-order valence-electron chi connectivity index (χ2n) is 7.49. The normalized spacial score (nSPS) is 20.6. The zero-order valence-corrected chi connectivity index (χ0v) is 16.2. The number of aromatic amines is 1. The van der Waals surface area contributed by atoms with Crippen LogP contribution in [0.1, 0.15) is 62.0 Å². The maximum absolute atomic E-state index is 5.60. The Morgan fingerprint density at radius 1 is 0.963 bits per heavy atom. The first kappa shape index (κ1) is 17.9. The van der Waals surface area contributed by atoms with Crippen LogP contribution >= 0.6 is 0 Å². The van der Waals surface area contributed by atoms with Gasteiger partial charge in [-0.2, -0.15) is 0 Å². The van der Waals surface area contributed by atoms with Crippen molar-refractivity contribution in [3.8, 4) is 0 Å². The molecule has 2 aromatic heterocycles. The van der Waals surface area contributed by atoms with Crippen molar-refractivity contribution in [1.82, 2.24) is 9.55 Å². The molecular formula is C23H29N3O. The smallest absolute Gasteiger partial charge is 0.146 e. The minimum atomic E-state index is 0.826. The number of H-pyrrole nitrogens is 1. The van der Waals surface area contributed by atoms with Crippen LogP contribution in [0.15, 0.2) is 53.0 Å². The van der Waals surface area contributed by atoms with Gasteiger partial charge in [-0.3, -0.25) is 0 Å². The van der Waals surface area contributed by atoms with Crippen molar-refractivity contribution in [1.29, 1.82) is 0 Å². The molecule has 0 amide bonds. The Morgan fingerprint density at radius 3 is 2.63 bits per heavy atom. The molecule has 0 radical (unpaired) electrons. The molecule has 0 atom stereocenters. The van der Waals surface area contributed by atoms with E-state index in [0.717, 1.165) is 35.8 Å². The highest BCUT2D eigenvalue weighted by Gasteiger charge is 2.19. The summed E-state index contributed by atoms with van der Waals surface area (Å²) in [5.41, 5.74) is 5.43. The van der Waals surface area contributed by atoms with E-state index in [9.17, 15) is 0 Å². The summed E-state index contributed by atoms with van der Waals surface area (Å²) in [6.07, 6.45) is 16.6. The quantitative estimate of drug-likeness (QED) is 0.716. The number of aryl methyl sites for hydroxylation is 2. The Kier molecular flexibility index (Phi) is 5.61. The van der Waals surface area contributed by atoms with Crippen molar-refractivity contribution >= 4 is 11.8 Å². The summed E-state index contributed by atoms with van der Waals surface area (Å²) in [5, 5.41) is 0. The van der Waals surface area contributed by atoms with E-state index in [2.05, 4.69) is 52.2 Å². The number of hydrogen-bond acceptors (Lipinski definition) is 2. The Bertz CT molecular complexity index is 866. The van der Waals surface area contributed by atoms with Crippen molar-refractivity contribution in [3.05, 3.63) is 65.1 Å². The van der Waals surface area contributed by atoms with Gasteiger partial charge in [0.2, 0.25) is 0 Å². The van der Waals surface area contributed by atoms with Crippen LogP contribution in [0.2, 0.25) is 0 Å². The van der Waals surface area contributed by atoms with Gasteiger partial charge >= 0.3 is 0 Å². The average Bonchev–Trinajstić information content (AvgIpc) is 3.39. The minimum absolute atomic E-state index is 0.826. The number of fused-ring (bicyclic) bond motifs is 5. The SMILES string of the molecule is COC1=CC2=N/C1=C\c1ccc([nH]1)CCCCCCCCCn1cccc12. The van der Waals surface area contributed by atoms with E-state index in [1.807, 2.05) is 0 Å². The van der Waals surface area contributed by atoms with Crippen LogP contribution in [0.4, 0.5) is 0 Å². The average molecular weight is 364 g/mol. The zero-order valence-electron chi connectivity index (χ0n) is 16.2. The van der Waals surface area contributed by atoms with Gasteiger partial charge in [0.15, 0.2) is 0 Å². The first-order chi connectivity index (χ1) is 13.3. The number of allylic oxidation sites excluding steroid dienone is 1. The first-order valence-corrected chi connectivity index (χ1v) is 10.2. The third-order valence-electron chi connectivity index (χ3n) is 5.48. The van der Waals surface area contributed by atoms with E-state index in [1.165, 1.54) is 56.3 Å². The minimum Gasteiger partial charge on any atom is -0.494 e. The highest BCUT2D eigenvalue weighted by atomic mass is 16.5. The molecular weight excluding hydrogens is 334 g/mol. The molecule has 4 nitrogen and oxygen atoms in total. The summed E-state index contributed by atoms with van der Waals surface area (Å²) in [5.74, 6) is 0.826. The summed E-state index contributed by atoms with van der Waals surface area (Å²) in [7, 11) is 1.72. The summed E-state index contributed by atoms with van der Waals surface area (Å²) in [4.78, 5) is 8.39. The van der Waals surface area contributed by atoms with Gasteiger partial charge < -0.3 is 14.3 Å². The standard InChI is InChI=1S/C23H29N3O/c1-27-23-17-20-22-11-9-15-26(22)14-8-6-4-2-3-5-7-10-18-12-13-19(24-18)16-21(23)25-20/h9,11-13,15-17,24H,2-8,10,14H2,1H3/b21-16-. The lowest BCUT2D eigenvalue weighted by Crippen LogP contribution is -2.06.